The normalized spacial score (nSPS) is 11.8. The van der Waals surface area contributed by atoms with Gasteiger partial charge in [-0.25, -0.2) is 4.98 Å². The van der Waals surface area contributed by atoms with Crippen LogP contribution in [0.2, 0.25) is 10.0 Å². The van der Waals surface area contributed by atoms with Gasteiger partial charge in [0.25, 0.3) is 0 Å². The van der Waals surface area contributed by atoms with Crippen LogP contribution in [0.15, 0.2) is 54.9 Å². The Morgan fingerprint density at radius 1 is 1.19 bits per heavy atom. The number of rotatable bonds is 5. The second-order valence-corrected chi connectivity index (χ2v) is 6.88. The molecule has 6 heteroatoms. The minimum absolute atomic E-state index is 0.0183. The first kappa shape index (κ1) is 18.3. The molecule has 3 rings (SSSR count). The Labute approximate surface area is 163 Å². The van der Waals surface area contributed by atoms with Crippen LogP contribution in [0.5, 0.6) is 0 Å². The number of aromatic nitrogens is 2. The first-order valence-electron chi connectivity index (χ1n) is 8.18. The van der Waals surface area contributed by atoms with E-state index in [9.17, 15) is 0 Å². The molecule has 3 aromatic rings. The first-order valence-corrected chi connectivity index (χ1v) is 8.93. The van der Waals surface area contributed by atoms with Crippen molar-refractivity contribution in [3.63, 3.8) is 0 Å². The zero-order valence-electron chi connectivity index (χ0n) is 14.5. The maximum Gasteiger partial charge on any atom is 0.130 e. The van der Waals surface area contributed by atoms with E-state index in [1.807, 2.05) is 54.2 Å². The van der Waals surface area contributed by atoms with E-state index in [-0.39, 0.29) is 6.04 Å². The molecule has 4 nitrogen and oxygen atoms in total. The number of anilines is 1. The highest BCUT2D eigenvalue weighted by molar-refractivity contribution is 6.32. The van der Waals surface area contributed by atoms with Crippen molar-refractivity contribution in [1.82, 2.24) is 9.55 Å². The van der Waals surface area contributed by atoms with Crippen LogP contribution >= 0.6 is 23.2 Å². The third kappa shape index (κ3) is 3.70. The molecule has 1 atom stereocenters. The monoisotopic (exact) mass is 384 g/mol. The fraction of sp³-hybridized carbons (Fsp3) is 0.200. The molecule has 26 heavy (non-hydrogen) atoms. The van der Waals surface area contributed by atoms with Crippen molar-refractivity contribution in [2.75, 3.05) is 4.90 Å². The average Bonchev–Trinajstić information content (AvgIpc) is 3.06. The number of benzene rings is 2. The van der Waals surface area contributed by atoms with Crippen LogP contribution in [-0.4, -0.2) is 9.55 Å². The predicted octanol–water partition coefficient (Wildman–Crippen LogP) is 5.37. The number of aryl methyl sites for hydroxylation is 1. The molecule has 0 aliphatic rings. The summed E-state index contributed by atoms with van der Waals surface area (Å²) in [5.41, 5.74) is 2.37. The van der Waals surface area contributed by atoms with Gasteiger partial charge in [0.05, 0.1) is 16.6 Å². The highest BCUT2D eigenvalue weighted by Crippen LogP contribution is 2.32. The summed E-state index contributed by atoms with van der Waals surface area (Å²) in [6.07, 6.45) is 3.70. The van der Waals surface area contributed by atoms with Gasteiger partial charge in [0.1, 0.15) is 11.9 Å². The molecular weight excluding hydrogens is 367 g/mol. The Morgan fingerprint density at radius 2 is 1.96 bits per heavy atom. The van der Waals surface area contributed by atoms with E-state index in [1.54, 1.807) is 12.3 Å². The fourth-order valence-corrected chi connectivity index (χ4v) is 3.37. The molecule has 0 aliphatic heterocycles. The first-order chi connectivity index (χ1) is 12.5. The van der Waals surface area contributed by atoms with E-state index >= 15 is 0 Å². The van der Waals surface area contributed by atoms with Crippen LogP contribution in [0, 0.1) is 11.3 Å². The Hall–Kier alpha value is -2.48. The third-order valence-electron chi connectivity index (χ3n) is 4.40. The molecule has 0 fully saturated rings. The van der Waals surface area contributed by atoms with Crippen LogP contribution in [0.25, 0.3) is 0 Å². The van der Waals surface area contributed by atoms with Gasteiger partial charge in [0, 0.05) is 36.7 Å². The molecular formula is C20H18Cl2N4. The molecule has 132 valence electrons. The van der Waals surface area contributed by atoms with E-state index in [0.717, 1.165) is 17.1 Å². The molecule has 2 aromatic carbocycles. The number of nitrogens with zero attached hydrogens (tertiary/aromatic N) is 4. The topological polar surface area (TPSA) is 44.9 Å². The highest BCUT2D eigenvalue weighted by atomic mass is 35.5. The van der Waals surface area contributed by atoms with Crippen LogP contribution in [-0.2, 0) is 13.6 Å². The molecule has 0 radical (unpaired) electrons. The smallest absolute Gasteiger partial charge is 0.130 e. The molecule has 0 saturated heterocycles. The number of imidazole rings is 1. The summed E-state index contributed by atoms with van der Waals surface area (Å²) in [5, 5.41) is 10.3. The van der Waals surface area contributed by atoms with Gasteiger partial charge in [0.2, 0.25) is 0 Å². The highest BCUT2D eigenvalue weighted by Gasteiger charge is 2.21. The lowest BCUT2D eigenvalue weighted by Crippen LogP contribution is -2.28. The lowest BCUT2D eigenvalue weighted by atomic mass is 10.1. The largest absolute Gasteiger partial charge is 0.357 e. The minimum atomic E-state index is -0.0183. The molecule has 1 aromatic heterocycles. The zero-order chi connectivity index (χ0) is 18.7. The van der Waals surface area contributed by atoms with Gasteiger partial charge in [-0.1, -0.05) is 41.4 Å². The van der Waals surface area contributed by atoms with E-state index < -0.39 is 0 Å². The molecule has 1 unspecified atom stereocenters. The second-order valence-electron chi connectivity index (χ2n) is 6.07. The van der Waals surface area contributed by atoms with Crippen molar-refractivity contribution < 1.29 is 0 Å². The zero-order valence-corrected chi connectivity index (χ0v) is 16.0. The molecule has 0 bridgehead atoms. The number of hydrogen-bond acceptors (Lipinski definition) is 3. The molecule has 0 aliphatic carbocycles. The second kappa shape index (κ2) is 7.82. The summed E-state index contributed by atoms with van der Waals surface area (Å²) < 4.78 is 2.00. The van der Waals surface area contributed by atoms with Gasteiger partial charge in [-0.15, -0.1) is 0 Å². The predicted molar refractivity (Wildman–Crippen MR) is 105 cm³/mol. The van der Waals surface area contributed by atoms with Gasteiger partial charge in [-0.05, 0) is 36.8 Å². The molecule has 0 N–H and O–H groups in total. The van der Waals surface area contributed by atoms with Crippen molar-refractivity contribution >= 4 is 28.9 Å². The lowest BCUT2D eigenvalue weighted by molar-refractivity contribution is 0.605. The van der Waals surface area contributed by atoms with Crippen molar-refractivity contribution in [1.29, 1.82) is 5.26 Å². The summed E-state index contributed by atoms with van der Waals surface area (Å²) in [6, 6.07) is 15.3. The number of hydrogen-bond donors (Lipinski definition) is 0. The Morgan fingerprint density at radius 3 is 2.58 bits per heavy atom. The van der Waals surface area contributed by atoms with E-state index in [4.69, 9.17) is 28.5 Å². The van der Waals surface area contributed by atoms with Crippen LogP contribution in [0.1, 0.15) is 29.9 Å². The summed E-state index contributed by atoms with van der Waals surface area (Å²) >= 11 is 12.7. The Balaban J connectivity index is 2.04. The SMILES string of the molecule is CC(c1nccn1C)N(Cc1ccccc1Cl)c1ccc(C#N)c(Cl)c1. The summed E-state index contributed by atoms with van der Waals surface area (Å²) in [7, 11) is 1.97. The molecule has 0 amide bonds. The summed E-state index contributed by atoms with van der Waals surface area (Å²) in [5.74, 6) is 0.928. The standard InChI is InChI=1S/C20H18Cl2N4/c1-14(20-24-9-10-25(20)2)26(13-16-5-3-4-6-18(16)21)17-8-7-15(12-23)19(22)11-17/h3-11,14H,13H2,1-2H3. The quantitative estimate of drug-likeness (QED) is 0.593. The lowest BCUT2D eigenvalue weighted by Gasteiger charge is -2.31. The van der Waals surface area contributed by atoms with Gasteiger partial charge in [-0.2, -0.15) is 5.26 Å². The van der Waals surface area contributed by atoms with Gasteiger partial charge in [0.15, 0.2) is 0 Å². The van der Waals surface area contributed by atoms with Crippen LogP contribution in [0.4, 0.5) is 5.69 Å². The maximum absolute atomic E-state index is 9.14. The van der Waals surface area contributed by atoms with Crippen LogP contribution in [0.3, 0.4) is 0 Å². The number of nitriles is 1. The van der Waals surface area contributed by atoms with Crippen molar-refractivity contribution in [2.45, 2.75) is 19.5 Å². The number of halogens is 2. The Bertz CT molecular complexity index is 958. The third-order valence-corrected chi connectivity index (χ3v) is 5.08. The summed E-state index contributed by atoms with van der Waals surface area (Å²) in [4.78, 5) is 6.66. The molecule has 0 spiro atoms. The van der Waals surface area contributed by atoms with E-state index in [1.165, 1.54) is 0 Å². The van der Waals surface area contributed by atoms with Crippen molar-refractivity contribution in [3.8, 4) is 6.07 Å². The van der Waals surface area contributed by atoms with Crippen LogP contribution < -0.4 is 4.90 Å². The van der Waals surface area contributed by atoms with E-state index in [2.05, 4.69) is 22.9 Å². The Kier molecular flexibility index (Phi) is 5.51. The van der Waals surface area contributed by atoms with E-state index in [0.29, 0.717) is 22.2 Å². The van der Waals surface area contributed by atoms with Gasteiger partial charge < -0.3 is 9.47 Å². The fourth-order valence-electron chi connectivity index (χ4n) is 2.95. The van der Waals surface area contributed by atoms with Gasteiger partial charge in [-0.3, -0.25) is 0 Å². The maximum atomic E-state index is 9.14. The van der Waals surface area contributed by atoms with Crippen molar-refractivity contribution in [3.05, 3.63) is 81.9 Å². The molecule has 1 heterocycles. The van der Waals surface area contributed by atoms with Gasteiger partial charge >= 0.3 is 0 Å². The average molecular weight is 385 g/mol. The van der Waals surface area contributed by atoms with Crippen molar-refractivity contribution in [2.24, 2.45) is 7.05 Å². The summed E-state index contributed by atoms with van der Waals surface area (Å²) in [6.45, 7) is 2.68. The molecule has 0 saturated carbocycles. The minimum Gasteiger partial charge on any atom is -0.357 e.